The van der Waals surface area contributed by atoms with E-state index in [2.05, 4.69) is 5.32 Å². The van der Waals surface area contributed by atoms with E-state index in [0.717, 1.165) is 11.1 Å². The van der Waals surface area contributed by atoms with Crippen molar-refractivity contribution in [2.45, 2.75) is 20.4 Å². The molecule has 0 saturated carbocycles. The third-order valence-electron chi connectivity index (χ3n) is 3.80. The molecule has 0 aliphatic heterocycles. The normalized spacial score (nSPS) is 10.2. The summed E-state index contributed by atoms with van der Waals surface area (Å²) in [6.07, 6.45) is 0. The summed E-state index contributed by atoms with van der Waals surface area (Å²) in [7, 11) is 1.58. The summed E-state index contributed by atoms with van der Waals surface area (Å²) in [5.41, 5.74) is 2.38. The van der Waals surface area contributed by atoms with Gasteiger partial charge in [0.05, 0.1) is 7.11 Å². The second-order valence-electron chi connectivity index (χ2n) is 5.69. The van der Waals surface area contributed by atoms with Crippen molar-refractivity contribution in [3.8, 4) is 5.75 Å². The lowest BCUT2D eigenvalue weighted by atomic mass is 10.2. The van der Waals surface area contributed by atoms with Crippen LogP contribution in [0.4, 0.5) is 5.69 Å². The predicted octanol–water partition coefficient (Wildman–Crippen LogP) is 3.64. The Hall–Kier alpha value is -2.53. The number of para-hydroxylation sites is 1. The number of nitrogens with one attached hydrogen (secondary N) is 1. The Bertz CT molecular complexity index is 777. The van der Waals surface area contributed by atoms with Crippen LogP contribution in [0.2, 0.25) is 5.02 Å². The highest BCUT2D eigenvalue weighted by atomic mass is 35.5. The number of carbonyl (C=O) groups is 2. The Morgan fingerprint density at radius 3 is 2.56 bits per heavy atom. The van der Waals surface area contributed by atoms with Gasteiger partial charge in [-0.15, -0.1) is 0 Å². The first-order valence-corrected chi connectivity index (χ1v) is 8.22. The third kappa shape index (κ3) is 5.22. The van der Waals surface area contributed by atoms with Crippen molar-refractivity contribution in [2.75, 3.05) is 19.0 Å². The fourth-order valence-electron chi connectivity index (χ4n) is 2.45. The van der Waals surface area contributed by atoms with Gasteiger partial charge in [-0.1, -0.05) is 29.8 Å². The molecule has 5 nitrogen and oxygen atoms in total. The third-order valence-corrected chi connectivity index (χ3v) is 4.03. The fourth-order valence-corrected chi connectivity index (χ4v) is 2.67. The van der Waals surface area contributed by atoms with Gasteiger partial charge in [0, 0.05) is 29.7 Å². The van der Waals surface area contributed by atoms with E-state index in [1.165, 1.54) is 11.8 Å². The molecule has 0 saturated heterocycles. The minimum absolute atomic E-state index is 0.0462. The number of hydrogen-bond acceptors (Lipinski definition) is 3. The van der Waals surface area contributed by atoms with Crippen LogP contribution in [-0.4, -0.2) is 30.4 Å². The number of carbonyl (C=O) groups excluding carboxylic acids is 2. The zero-order valence-corrected chi connectivity index (χ0v) is 15.3. The zero-order valence-electron chi connectivity index (χ0n) is 14.5. The number of amides is 2. The molecule has 2 amide bonds. The Morgan fingerprint density at radius 1 is 1.20 bits per heavy atom. The van der Waals surface area contributed by atoms with Crippen LogP contribution in [0.1, 0.15) is 18.1 Å². The molecule has 25 heavy (non-hydrogen) atoms. The van der Waals surface area contributed by atoms with E-state index in [-0.39, 0.29) is 18.4 Å². The highest BCUT2D eigenvalue weighted by molar-refractivity contribution is 6.30. The van der Waals surface area contributed by atoms with E-state index < -0.39 is 0 Å². The van der Waals surface area contributed by atoms with Crippen molar-refractivity contribution in [3.63, 3.8) is 0 Å². The summed E-state index contributed by atoms with van der Waals surface area (Å²) in [4.78, 5) is 25.7. The molecule has 0 radical (unpaired) electrons. The van der Waals surface area contributed by atoms with Gasteiger partial charge in [-0.3, -0.25) is 9.59 Å². The smallest absolute Gasteiger partial charge is 0.244 e. The lowest BCUT2D eigenvalue weighted by molar-refractivity contribution is -0.133. The summed E-state index contributed by atoms with van der Waals surface area (Å²) >= 11 is 5.92. The number of aryl methyl sites for hydroxylation is 1. The van der Waals surface area contributed by atoms with Crippen LogP contribution < -0.4 is 10.1 Å². The van der Waals surface area contributed by atoms with Crippen molar-refractivity contribution in [2.24, 2.45) is 0 Å². The van der Waals surface area contributed by atoms with E-state index in [1.807, 2.05) is 31.2 Å². The molecule has 0 aliphatic carbocycles. The molecule has 0 heterocycles. The monoisotopic (exact) mass is 360 g/mol. The molecule has 2 aromatic rings. The van der Waals surface area contributed by atoms with Crippen LogP contribution in [0.3, 0.4) is 0 Å². The van der Waals surface area contributed by atoms with Crippen molar-refractivity contribution >= 4 is 29.1 Å². The molecule has 0 aromatic heterocycles. The minimum atomic E-state index is -0.268. The van der Waals surface area contributed by atoms with Crippen LogP contribution >= 0.6 is 11.6 Å². The van der Waals surface area contributed by atoms with Crippen LogP contribution in [0.25, 0.3) is 0 Å². The van der Waals surface area contributed by atoms with E-state index in [4.69, 9.17) is 16.3 Å². The van der Waals surface area contributed by atoms with Gasteiger partial charge in [0.25, 0.3) is 0 Å². The van der Waals surface area contributed by atoms with Crippen LogP contribution in [0, 0.1) is 6.92 Å². The summed E-state index contributed by atoms with van der Waals surface area (Å²) in [6, 6.07) is 12.6. The highest BCUT2D eigenvalue weighted by Gasteiger charge is 2.16. The van der Waals surface area contributed by atoms with Gasteiger partial charge in [0.1, 0.15) is 12.3 Å². The van der Waals surface area contributed by atoms with Gasteiger partial charge < -0.3 is 15.0 Å². The topological polar surface area (TPSA) is 58.6 Å². The van der Waals surface area contributed by atoms with Crippen LogP contribution in [0.15, 0.2) is 42.5 Å². The van der Waals surface area contributed by atoms with Crippen molar-refractivity contribution in [3.05, 3.63) is 58.6 Å². The van der Waals surface area contributed by atoms with E-state index in [9.17, 15) is 9.59 Å². The number of anilines is 1. The van der Waals surface area contributed by atoms with E-state index in [0.29, 0.717) is 23.0 Å². The molecule has 2 aromatic carbocycles. The summed E-state index contributed by atoms with van der Waals surface area (Å²) in [5, 5.41) is 3.42. The molecule has 1 N–H and O–H groups in total. The maximum atomic E-state index is 12.3. The van der Waals surface area contributed by atoms with Crippen molar-refractivity contribution < 1.29 is 14.3 Å². The van der Waals surface area contributed by atoms with Crippen molar-refractivity contribution in [1.82, 2.24) is 4.90 Å². The lowest BCUT2D eigenvalue weighted by Crippen LogP contribution is -2.36. The Kier molecular flexibility index (Phi) is 6.42. The number of halogens is 1. The summed E-state index contributed by atoms with van der Waals surface area (Å²) in [6.45, 7) is 3.55. The minimum Gasteiger partial charge on any atom is -0.496 e. The van der Waals surface area contributed by atoms with Crippen LogP contribution in [0.5, 0.6) is 5.75 Å². The maximum Gasteiger partial charge on any atom is 0.244 e. The Morgan fingerprint density at radius 2 is 1.92 bits per heavy atom. The summed E-state index contributed by atoms with van der Waals surface area (Å²) in [5.74, 6) is 0.229. The lowest BCUT2D eigenvalue weighted by Gasteiger charge is -2.22. The van der Waals surface area contributed by atoms with Gasteiger partial charge in [0.15, 0.2) is 0 Å². The average molecular weight is 361 g/mol. The van der Waals surface area contributed by atoms with Gasteiger partial charge in [-0.2, -0.15) is 0 Å². The van der Waals surface area contributed by atoms with Gasteiger partial charge >= 0.3 is 0 Å². The van der Waals surface area contributed by atoms with E-state index >= 15 is 0 Å². The molecule has 0 unspecified atom stereocenters. The first kappa shape index (κ1) is 18.8. The average Bonchev–Trinajstić information content (AvgIpc) is 2.57. The second-order valence-corrected chi connectivity index (χ2v) is 6.13. The Labute approximate surface area is 152 Å². The van der Waals surface area contributed by atoms with Crippen molar-refractivity contribution in [1.29, 1.82) is 0 Å². The molecule has 0 spiro atoms. The molecule has 0 fully saturated rings. The first-order valence-electron chi connectivity index (χ1n) is 7.84. The fraction of sp³-hybridized carbons (Fsp3) is 0.263. The summed E-state index contributed by atoms with van der Waals surface area (Å²) < 4.78 is 5.30. The predicted molar refractivity (Wildman–Crippen MR) is 98.9 cm³/mol. The van der Waals surface area contributed by atoms with Gasteiger partial charge in [-0.05, 0) is 36.8 Å². The molecule has 2 rings (SSSR count). The number of nitrogens with zero attached hydrogens (tertiary/aromatic N) is 1. The number of rotatable bonds is 6. The van der Waals surface area contributed by atoms with Gasteiger partial charge in [-0.25, -0.2) is 0 Å². The molecule has 6 heteroatoms. The molecular formula is C19H21ClN2O3. The maximum absolute atomic E-state index is 12.3. The Balaban J connectivity index is 2.08. The molecule has 0 aliphatic rings. The quantitative estimate of drug-likeness (QED) is 0.855. The molecular weight excluding hydrogens is 340 g/mol. The highest BCUT2D eigenvalue weighted by Crippen LogP contribution is 2.21. The van der Waals surface area contributed by atoms with Crippen LogP contribution in [-0.2, 0) is 16.1 Å². The number of methoxy groups -OCH3 is 1. The first-order chi connectivity index (χ1) is 11.9. The zero-order chi connectivity index (χ0) is 18.4. The van der Waals surface area contributed by atoms with Gasteiger partial charge in [0.2, 0.25) is 11.8 Å². The number of hydrogen-bond donors (Lipinski definition) is 1. The SMILES string of the molecule is COc1ccccc1CN(CC(=O)Nc1ccc(Cl)cc1C)C(C)=O. The number of benzene rings is 2. The molecule has 0 atom stereocenters. The van der Waals surface area contributed by atoms with E-state index in [1.54, 1.807) is 25.3 Å². The second kappa shape index (κ2) is 8.53. The standard InChI is InChI=1S/C19H21ClN2O3/c1-13-10-16(20)8-9-17(13)21-19(24)12-22(14(2)23)11-15-6-4-5-7-18(15)25-3/h4-10H,11-12H2,1-3H3,(H,21,24). The largest absolute Gasteiger partial charge is 0.496 e. The molecule has 0 bridgehead atoms. The number of ether oxygens (including phenoxy) is 1. The molecule has 132 valence electrons.